The number of rotatable bonds is 2. The first-order chi connectivity index (χ1) is 6.38. The molecule has 14 heavy (non-hydrogen) atoms. The Morgan fingerprint density at radius 1 is 1.29 bits per heavy atom. The van der Waals surface area contributed by atoms with Crippen LogP contribution in [0.2, 0.25) is 0 Å². The number of aromatic nitrogens is 2. The monoisotopic (exact) mass is 196 g/mol. The number of hydrogen-bond acceptors (Lipinski definition) is 3. The molecule has 0 aliphatic rings. The van der Waals surface area contributed by atoms with Crippen molar-refractivity contribution in [2.24, 2.45) is 0 Å². The van der Waals surface area contributed by atoms with E-state index >= 15 is 0 Å². The summed E-state index contributed by atoms with van der Waals surface area (Å²) in [7, 11) is 0. The molecule has 4 heteroatoms. The Balaban J connectivity index is 3.23. The van der Waals surface area contributed by atoms with Crippen molar-refractivity contribution in [2.75, 3.05) is 11.5 Å². The molecule has 4 nitrogen and oxygen atoms in total. The molecule has 0 aliphatic heterocycles. The maximum absolute atomic E-state index is 5.91. The first-order valence-corrected chi connectivity index (χ1v) is 5.00. The van der Waals surface area contributed by atoms with E-state index < -0.39 is 0 Å². The first-order valence-electron chi connectivity index (χ1n) is 5.00. The van der Waals surface area contributed by atoms with Gasteiger partial charge in [0.05, 0.1) is 11.4 Å². The zero-order chi connectivity index (χ0) is 10.9. The summed E-state index contributed by atoms with van der Waals surface area (Å²) in [4.78, 5) is 0. The number of nitrogens with zero attached hydrogens (tertiary/aromatic N) is 2. The quantitative estimate of drug-likeness (QED) is 0.757. The van der Waals surface area contributed by atoms with Gasteiger partial charge in [0.2, 0.25) is 0 Å². The Hall–Kier alpha value is -1.19. The number of nitrogens with two attached hydrogens (primary N) is 2. The minimum Gasteiger partial charge on any atom is -0.394 e. The smallest absolute Gasteiger partial charge is 0.169 e. The van der Waals surface area contributed by atoms with Crippen LogP contribution in [-0.2, 0) is 12.0 Å². The van der Waals surface area contributed by atoms with Gasteiger partial charge in [-0.25, -0.2) is 0 Å². The molecule has 1 rings (SSSR count). The van der Waals surface area contributed by atoms with Gasteiger partial charge in [0.25, 0.3) is 0 Å². The van der Waals surface area contributed by atoms with Crippen LogP contribution >= 0.6 is 0 Å². The molecule has 1 aromatic rings. The Morgan fingerprint density at radius 2 is 1.86 bits per heavy atom. The second kappa shape index (κ2) is 3.52. The molecule has 0 saturated heterocycles. The highest BCUT2D eigenvalue weighted by molar-refractivity contribution is 5.63. The van der Waals surface area contributed by atoms with Crippen LogP contribution in [0, 0.1) is 0 Å². The fraction of sp³-hybridized carbons (Fsp3) is 0.700. The van der Waals surface area contributed by atoms with Crippen molar-refractivity contribution in [2.45, 2.75) is 46.1 Å². The lowest BCUT2D eigenvalue weighted by atomic mass is 9.91. The summed E-state index contributed by atoms with van der Waals surface area (Å²) < 4.78 is 1.92. The summed E-state index contributed by atoms with van der Waals surface area (Å²) >= 11 is 0. The highest BCUT2D eigenvalue weighted by Gasteiger charge is 2.24. The van der Waals surface area contributed by atoms with E-state index in [1.165, 1.54) is 0 Å². The molecule has 0 fully saturated rings. The van der Waals surface area contributed by atoms with Crippen molar-refractivity contribution in [3.05, 3.63) is 5.69 Å². The van der Waals surface area contributed by atoms with Crippen LogP contribution in [0.5, 0.6) is 0 Å². The molecule has 1 heterocycles. The van der Waals surface area contributed by atoms with Gasteiger partial charge in [-0.15, -0.1) is 0 Å². The van der Waals surface area contributed by atoms with E-state index in [1.807, 2.05) is 4.68 Å². The van der Waals surface area contributed by atoms with Crippen LogP contribution < -0.4 is 11.5 Å². The van der Waals surface area contributed by atoms with Gasteiger partial charge in [0.15, 0.2) is 5.82 Å². The summed E-state index contributed by atoms with van der Waals surface area (Å²) in [6.07, 6.45) is 1.03. The van der Waals surface area contributed by atoms with Gasteiger partial charge in [0.1, 0.15) is 0 Å². The molecule has 0 radical (unpaired) electrons. The molecule has 0 spiro atoms. The molecule has 1 aromatic heterocycles. The van der Waals surface area contributed by atoms with Crippen molar-refractivity contribution in [1.82, 2.24) is 9.78 Å². The highest BCUT2D eigenvalue weighted by Crippen LogP contribution is 2.31. The summed E-state index contributed by atoms with van der Waals surface area (Å²) in [5.74, 6) is 0.448. The number of hydrogen-bond donors (Lipinski definition) is 2. The van der Waals surface area contributed by atoms with Crippen molar-refractivity contribution < 1.29 is 0 Å². The van der Waals surface area contributed by atoms with Crippen molar-refractivity contribution in [1.29, 1.82) is 0 Å². The topological polar surface area (TPSA) is 69.9 Å². The summed E-state index contributed by atoms with van der Waals surface area (Å²) in [6.45, 7) is 9.33. The molecular formula is C10H20N4. The Kier molecular flexibility index (Phi) is 2.73. The maximum Gasteiger partial charge on any atom is 0.169 e. The van der Waals surface area contributed by atoms with Crippen LogP contribution in [0.25, 0.3) is 0 Å². The van der Waals surface area contributed by atoms with E-state index in [-0.39, 0.29) is 5.41 Å². The average Bonchev–Trinajstić information content (AvgIpc) is 2.27. The number of aryl methyl sites for hydroxylation is 1. The maximum atomic E-state index is 5.91. The van der Waals surface area contributed by atoms with Gasteiger partial charge >= 0.3 is 0 Å². The summed E-state index contributed by atoms with van der Waals surface area (Å²) in [6, 6.07) is 0. The van der Waals surface area contributed by atoms with Gasteiger partial charge < -0.3 is 11.5 Å². The minimum absolute atomic E-state index is 0.0100. The molecule has 0 unspecified atom stereocenters. The van der Waals surface area contributed by atoms with Crippen molar-refractivity contribution in [3.63, 3.8) is 0 Å². The first kappa shape index (κ1) is 10.9. The van der Waals surface area contributed by atoms with Gasteiger partial charge in [-0.1, -0.05) is 27.7 Å². The Bertz CT molecular complexity index is 320. The standard InChI is InChI=1S/C10H20N4/c1-5-6-14-8(10(2,3)4)7(11)9(12)13-14/h5-6,11H2,1-4H3,(H2,12,13). The van der Waals surface area contributed by atoms with Crippen LogP contribution in [-0.4, -0.2) is 9.78 Å². The fourth-order valence-corrected chi connectivity index (χ4v) is 1.66. The van der Waals surface area contributed by atoms with Crippen LogP contribution in [0.3, 0.4) is 0 Å². The van der Waals surface area contributed by atoms with Crippen LogP contribution in [0.1, 0.15) is 39.8 Å². The minimum atomic E-state index is -0.0100. The SMILES string of the molecule is CCCn1nc(N)c(N)c1C(C)(C)C. The number of anilines is 2. The molecule has 0 saturated carbocycles. The van der Waals surface area contributed by atoms with Crippen molar-refractivity contribution in [3.8, 4) is 0 Å². The molecule has 0 aromatic carbocycles. The predicted octanol–water partition coefficient (Wildman–Crippen LogP) is 1.76. The lowest BCUT2D eigenvalue weighted by Gasteiger charge is -2.20. The van der Waals surface area contributed by atoms with E-state index in [1.54, 1.807) is 0 Å². The zero-order valence-corrected chi connectivity index (χ0v) is 9.46. The molecule has 0 atom stereocenters. The fourth-order valence-electron chi connectivity index (χ4n) is 1.66. The lowest BCUT2D eigenvalue weighted by Crippen LogP contribution is -2.20. The zero-order valence-electron chi connectivity index (χ0n) is 9.46. The van der Waals surface area contributed by atoms with Gasteiger partial charge in [-0.2, -0.15) is 5.10 Å². The van der Waals surface area contributed by atoms with E-state index in [2.05, 4.69) is 32.8 Å². The molecule has 0 aliphatic carbocycles. The molecule has 0 amide bonds. The predicted molar refractivity (Wildman–Crippen MR) is 60.0 cm³/mol. The van der Waals surface area contributed by atoms with Gasteiger partial charge in [-0.3, -0.25) is 4.68 Å². The van der Waals surface area contributed by atoms with E-state index in [0.717, 1.165) is 18.7 Å². The van der Waals surface area contributed by atoms with E-state index in [9.17, 15) is 0 Å². The second-order valence-corrected chi connectivity index (χ2v) is 4.62. The largest absolute Gasteiger partial charge is 0.394 e. The van der Waals surface area contributed by atoms with Crippen molar-refractivity contribution >= 4 is 11.5 Å². The van der Waals surface area contributed by atoms with Gasteiger partial charge in [-0.05, 0) is 6.42 Å². The van der Waals surface area contributed by atoms with E-state index in [0.29, 0.717) is 11.5 Å². The molecule has 0 bridgehead atoms. The highest BCUT2D eigenvalue weighted by atomic mass is 15.3. The third-order valence-electron chi connectivity index (χ3n) is 2.16. The normalized spacial score (nSPS) is 12.0. The second-order valence-electron chi connectivity index (χ2n) is 4.62. The third-order valence-corrected chi connectivity index (χ3v) is 2.16. The third kappa shape index (κ3) is 1.84. The van der Waals surface area contributed by atoms with Crippen LogP contribution in [0.4, 0.5) is 11.5 Å². The summed E-state index contributed by atoms with van der Waals surface area (Å²) in [5, 5.41) is 4.24. The average molecular weight is 196 g/mol. The summed E-state index contributed by atoms with van der Waals surface area (Å²) in [5.41, 5.74) is 13.3. The molecular weight excluding hydrogens is 176 g/mol. The number of nitrogen functional groups attached to an aromatic ring is 2. The molecule has 4 N–H and O–H groups in total. The lowest BCUT2D eigenvalue weighted by molar-refractivity contribution is 0.484. The Morgan fingerprint density at radius 3 is 2.29 bits per heavy atom. The van der Waals surface area contributed by atoms with E-state index in [4.69, 9.17) is 11.5 Å². The van der Waals surface area contributed by atoms with Gasteiger partial charge in [0, 0.05) is 12.0 Å². The Labute approximate surface area is 85.3 Å². The molecule has 80 valence electrons. The van der Waals surface area contributed by atoms with Crippen LogP contribution in [0.15, 0.2) is 0 Å².